The van der Waals surface area contributed by atoms with Crippen molar-refractivity contribution in [2.45, 2.75) is 19.8 Å². The molecule has 4 heteroatoms. The summed E-state index contributed by atoms with van der Waals surface area (Å²) in [6.07, 6.45) is 2.22. The van der Waals surface area contributed by atoms with Crippen molar-refractivity contribution in [1.29, 1.82) is 0 Å². The lowest BCUT2D eigenvalue weighted by Gasteiger charge is -2.14. The molecule has 0 aliphatic heterocycles. The number of benzene rings is 1. The van der Waals surface area contributed by atoms with Crippen molar-refractivity contribution >= 4 is 5.91 Å². The highest BCUT2D eigenvalue weighted by atomic mass is 16.5. The molecule has 1 fully saturated rings. The molecule has 0 unspecified atom stereocenters. The average Bonchev–Trinajstić information content (AvgIpc) is 3.17. The zero-order valence-electron chi connectivity index (χ0n) is 11.0. The minimum atomic E-state index is -0.0620. The van der Waals surface area contributed by atoms with Gasteiger partial charge in [0.25, 0.3) is 5.91 Å². The van der Waals surface area contributed by atoms with E-state index in [2.05, 4.69) is 5.32 Å². The highest BCUT2D eigenvalue weighted by molar-refractivity contribution is 5.94. The number of methoxy groups -OCH3 is 1. The van der Waals surface area contributed by atoms with Gasteiger partial charge in [-0.2, -0.15) is 0 Å². The Balaban J connectivity index is 2.00. The molecule has 1 aromatic rings. The van der Waals surface area contributed by atoms with E-state index < -0.39 is 0 Å². The molecular formula is C14H20N2O2. The molecular weight excluding hydrogens is 228 g/mol. The van der Waals surface area contributed by atoms with E-state index in [1.54, 1.807) is 13.2 Å². The standard InChI is InChI=1S/C14H20N2O2/c1-10-3-4-11(7-12(10)18-2)13(17)16-9-14(8-15)5-6-14/h3-4,7H,5-6,8-9,15H2,1-2H3,(H,16,17). The molecule has 0 spiro atoms. The molecule has 1 aliphatic carbocycles. The number of ether oxygens (including phenoxy) is 1. The van der Waals surface area contributed by atoms with Gasteiger partial charge < -0.3 is 15.8 Å². The fraction of sp³-hybridized carbons (Fsp3) is 0.500. The first-order chi connectivity index (χ1) is 8.60. The van der Waals surface area contributed by atoms with E-state index >= 15 is 0 Å². The van der Waals surface area contributed by atoms with Crippen molar-refractivity contribution in [3.63, 3.8) is 0 Å². The zero-order valence-corrected chi connectivity index (χ0v) is 11.0. The molecule has 1 amide bonds. The third-order valence-electron chi connectivity index (χ3n) is 3.68. The van der Waals surface area contributed by atoms with Crippen LogP contribution in [0.1, 0.15) is 28.8 Å². The lowest BCUT2D eigenvalue weighted by atomic mass is 10.1. The van der Waals surface area contributed by atoms with Gasteiger partial charge in [-0.3, -0.25) is 4.79 Å². The maximum absolute atomic E-state index is 12.0. The second-order valence-electron chi connectivity index (χ2n) is 5.07. The van der Waals surface area contributed by atoms with Crippen LogP contribution in [0.25, 0.3) is 0 Å². The molecule has 98 valence electrons. The first kappa shape index (κ1) is 12.9. The summed E-state index contributed by atoms with van der Waals surface area (Å²) in [5.74, 6) is 0.677. The van der Waals surface area contributed by atoms with Crippen LogP contribution in [0, 0.1) is 12.3 Å². The number of rotatable bonds is 5. The van der Waals surface area contributed by atoms with Gasteiger partial charge >= 0.3 is 0 Å². The first-order valence-electron chi connectivity index (χ1n) is 6.23. The monoisotopic (exact) mass is 248 g/mol. The van der Waals surface area contributed by atoms with Gasteiger partial charge in [0, 0.05) is 17.5 Å². The Morgan fingerprint density at radius 1 is 1.50 bits per heavy atom. The molecule has 18 heavy (non-hydrogen) atoms. The predicted octanol–water partition coefficient (Wildman–Crippen LogP) is 1.47. The van der Waals surface area contributed by atoms with E-state index in [0.29, 0.717) is 18.7 Å². The van der Waals surface area contributed by atoms with Crippen molar-refractivity contribution in [2.24, 2.45) is 11.1 Å². The van der Waals surface area contributed by atoms with E-state index in [4.69, 9.17) is 10.5 Å². The molecule has 4 nitrogen and oxygen atoms in total. The maximum Gasteiger partial charge on any atom is 0.251 e. The third kappa shape index (κ3) is 2.64. The Morgan fingerprint density at radius 2 is 2.22 bits per heavy atom. The quantitative estimate of drug-likeness (QED) is 0.829. The van der Waals surface area contributed by atoms with Gasteiger partial charge in [0.2, 0.25) is 0 Å². The molecule has 0 atom stereocenters. The fourth-order valence-electron chi connectivity index (χ4n) is 1.96. The van der Waals surface area contributed by atoms with E-state index in [9.17, 15) is 4.79 Å². The van der Waals surface area contributed by atoms with Crippen molar-refractivity contribution in [3.05, 3.63) is 29.3 Å². The van der Waals surface area contributed by atoms with Gasteiger partial charge in [0.15, 0.2) is 0 Å². The summed E-state index contributed by atoms with van der Waals surface area (Å²) in [7, 11) is 1.61. The van der Waals surface area contributed by atoms with Crippen molar-refractivity contribution < 1.29 is 9.53 Å². The van der Waals surface area contributed by atoms with Gasteiger partial charge in [-0.05, 0) is 44.0 Å². The van der Waals surface area contributed by atoms with Crippen LogP contribution in [0.5, 0.6) is 5.75 Å². The normalized spacial score (nSPS) is 16.2. The van der Waals surface area contributed by atoms with Crippen LogP contribution in [-0.2, 0) is 0 Å². The lowest BCUT2D eigenvalue weighted by Crippen LogP contribution is -2.33. The number of nitrogens with two attached hydrogens (primary N) is 1. The Kier molecular flexibility index (Phi) is 3.57. The smallest absolute Gasteiger partial charge is 0.251 e. The molecule has 2 rings (SSSR count). The molecule has 1 aromatic carbocycles. The minimum absolute atomic E-state index is 0.0620. The molecule has 0 heterocycles. The summed E-state index contributed by atoms with van der Waals surface area (Å²) in [5.41, 5.74) is 7.50. The van der Waals surface area contributed by atoms with E-state index in [-0.39, 0.29) is 11.3 Å². The number of hydrogen-bond donors (Lipinski definition) is 2. The summed E-state index contributed by atoms with van der Waals surface area (Å²) in [5, 5.41) is 2.95. The molecule has 0 saturated heterocycles. The predicted molar refractivity (Wildman–Crippen MR) is 70.8 cm³/mol. The summed E-state index contributed by atoms with van der Waals surface area (Å²) in [6, 6.07) is 5.48. The molecule has 3 N–H and O–H groups in total. The van der Waals surface area contributed by atoms with Gasteiger partial charge in [-0.15, -0.1) is 0 Å². The second kappa shape index (κ2) is 4.98. The van der Waals surface area contributed by atoms with E-state index in [0.717, 1.165) is 24.2 Å². The molecule has 0 radical (unpaired) electrons. The van der Waals surface area contributed by atoms with Crippen molar-refractivity contribution in [3.8, 4) is 5.75 Å². The first-order valence-corrected chi connectivity index (χ1v) is 6.23. The number of amides is 1. The van der Waals surface area contributed by atoms with Gasteiger partial charge in [-0.1, -0.05) is 6.07 Å². The number of carbonyl (C=O) groups is 1. The zero-order chi connectivity index (χ0) is 13.2. The van der Waals surface area contributed by atoms with Crippen molar-refractivity contribution in [2.75, 3.05) is 20.2 Å². The highest BCUT2D eigenvalue weighted by Crippen LogP contribution is 2.43. The Morgan fingerprint density at radius 3 is 2.78 bits per heavy atom. The number of hydrogen-bond acceptors (Lipinski definition) is 3. The third-order valence-corrected chi connectivity index (χ3v) is 3.68. The molecule has 1 saturated carbocycles. The Hall–Kier alpha value is -1.55. The number of aryl methyl sites for hydroxylation is 1. The van der Waals surface area contributed by atoms with Crippen LogP contribution < -0.4 is 15.8 Å². The van der Waals surface area contributed by atoms with Crippen LogP contribution in [0.2, 0.25) is 0 Å². The Labute approximate surface area is 108 Å². The van der Waals surface area contributed by atoms with Crippen LogP contribution in [0.15, 0.2) is 18.2 Å². The molecule has 1 aliphatic rings. The topological polar surface area (TPSA) is 64.3 Å². The van der Waals surface area contributed by atoms with Gasteiger partial charge in [-0.25, -0.2) is 0 Å². The van der Waals surface area contributed by atoms with Gasteiger partial charge in [0.05, 0.1) is 7.11 Å². The fourth-order valence-corrected chi connectivity index (χ4v) is 1.96. The summed E-state index contributed by atoms with van der Waals surface area (Å²) in [6.45, 7) is 3.26. The van der Waals surface area contributed by atoms with Crippen LogP contribution in [0.3, 0.4) is 0 Å². The summed E-state index contributed by atoms with van der Waals surface area (Å²) < 4.78 is 5.21. The van der Waals surface area contributed by atoms with Gasteiger partial charge in [0.1, 0.15) is 5.75 Å². The molecule has 0 bridgehead atoms. The highest BCUT2D eigenvalue weighted by Gasteiger charge is 2.41. The number of carbonyl (C=O) groups excluding carboxylic acids is 1. The summed E-state index contributed by atoms with van der Waals surface area (Å²) in [4.78, 5) is 12.0. The maximum atomic E-state index is 12.0. The van der Waals surface area contributed by atoms with Crippen LogP contribution >= 0.6 is 0 Å². The number of nitrogens with one attached hydrogen (secondary N) is 1. The van der Waals surface area contributed by atoms with Crippen LogP contribution in [0.4, 0.5) is 0 Å². The van der Waals surface area contributed by atoms with E-state index in [1.807, 2.05) is 19.1 Å². The SMILES string of the molecule is COc1cc(C(=O)NCC2(CN)CC2)ccc1C. The van der Waals surface area contributed by atoms with Crippen molar-refractivity contribution in [1.82, 2.24) is 5.32 Å². The summed E-state index contributed by atoms with van der Waals surface area (Å²) >= 11 is 0. The average molecular weight is 248 g/mol. The second-order valence-corrected chi connectivity index (χ2v) is 5.07. The largest absolute Gasteiger partial charge is 0.496 e. The Bertz CT molecular complexity index is 453. The van der Waals surface area contributed by atoms with Crippen LogP contribution in [-0.4, -0.2) is 26.1 Å². The molecule has 0 aromatic heterocycles. The lowest BCUT2D eigenvalue weighted by molar-refractivity contribution is 0.0945. The minimum Gasteiger partial charge on any atom is -0.496 e. The van der Waals surface area contributed by atoms with E-state index in [1.165, 1.54) is 0 Å².